The van der Waals surface area contributed by atoms with Gasteiger partial charge in [0.25, 0.3) is 0 Å². The van der Waals surface area contributed by atoms with Crippen molar-refractivity contribution >= 4 is 39.8 Å². The van der Waals surface area contributed by atoms with Crippen LogP contribution in [0.3, 0.4) is 0 Å². The minimum absolute atomic E-state index is 0.0469. The number of carbonyl (C=O) groups is 2. The van der Waals surface area contributed by atoms with Crippen LogP contribution in [-0.4, -0.2) is 17.7 Å². The number of nitrogens with zero attached hydrogens (tertiary/aromatic N) is 1. The molecule has 0 aliphatic carbocycles. The quantitative estimate of drug-likeness (QED) is 0.0674. The molecule has 0 aromatic heterocycles. The van der Waals surface area contributed by atoms with Crippen LogP contribution in [0.5, 0.6) is 5.75 Å². The van der Waals surface area contributed by atoms with Crippen molar-refractivity contribution in [3.8, 4) is 5.75 Å². The number of carbonyl (C=O) groups excluding carboxylic acids is 2. The van der Waals surface area contributed by atoms with E-state index in [0.29, 0.717) is 59.3 Å². The molecule has 0 unspecified atom stereocenters. The number of fused-ring (bicyclic) bond motifs is 3. The summed E-state index contributed by atoms with van der Waals surface area (Å²) in [7, 11) is 0. The van der Waals surface area contributed by atoms with Crippen LogP contribution in [0.2, 0.25) is 0 Å². The molecule has 0 amide bonds. The summed E-state index contributed by atoms with van der Waals surface area (Å²) in [4.78, 5) is 36.9. The number of hydrogen-bond acceptors (Lipinski definition) is 6. The van der Waals surface area contributed by atoms with Crippen molar-refractivity contribution in [2.24, 2.45) is 5.18 Å². The molecule has 7 aromatic carbocycles. The van der Waals surface area contributed by atoms with Crippen LogP contribution in [0, 0.1) is 4.91 Å². The smallest absolute Gasteiger partial charge is 0.416 e. The van der Waals surface area contributed by atoms with Gasteiger partial charge in [0.2, 0.25) is 0 Å². The van der Waals surface area contributed by atoms with E-state index < -0.39 is 80.4 Å². The number of phenols is 1. The third kappa shape index (κ3) is 9.04. The number of phenolic OH excluding ortho intramolecular Hbond substituents is 1. The highest BCUT2D eigenvalue weighted by Gasteiger charge is 2.48. The SMILES string of the molecule is O=CC(OC(C=O)(c1ccc(C(F)(F)F)cc1)c1ccc(C(F)(F)F)cc1)(c1ccc(C(F)(F)F)cc1)c1ccc(C(F)(F)F)cc1.O=Nc1c(O)c2ccccc2c2ccccc12. The molecular weight excluding hydrogens is 874 g/mol. The molecule has 0 fully saturated rings. The number of rotatable bonds is 9. The van der Waals surface area contributed by atoms with Gasteiger partial charge in [-0.05, 0) is 86.7 Å². The summed E-state index contributed by atoms with van der Waals surface area (Å²) in [5.41, 5.74) is -12.3. The summed E-state index contributed by atoms with van der Waals surface area (Å²) in [6.07, 6.45) is -19.7. The fraction of sp³-hybridized carbons (Fsp3) is 0.130. The number of hydrogen-bond donors (Lipinski definition) is 1. The Morgan fingerprint density at radius 2 is 0.609 bits per heavy atom. The second-order valence-electron chi connectivity index (χ2n) is 14.0. The van der Waals surface area contributed by atoms with Crippen molar-refractivity contribution in [3.05, 3.63) is 195 Å². The molecular formula is C46H27F12NO5. The van der Waals surface area contributed by atoms with E-state index in [9.17, 15) is 72.3 Å². The van der Waals surface area contributed by atoms with E-state index in [2.05, 4.69) is 5.18 Å². The fourth-order valence-electron chi connectivity index (χ4n) is 6.97. The van der Waals surface area contributed by atoms with Gasteiger partial charge in [-0.1, -0.05) is 97.1 Å². The van der Waals surface area contributed by atoms with E-state index in [1.54, 1.807) is 12.1 Å². The number of halogens is 12. The summed E-state index contributed by atoms with van der Waals surface area (Å²) >= 11 is 0. The predicted octanol–water partition coefficient (Wildman–Crippen LogP) is 13.5. The first kappa shape index (κ1) is 46.4. The number of alkyl halides is 12. The fourth-order valence-corrected chi connectivity index (χ4v) is 6.97. The molecule has 0 heterocycles. The van der Waals surface area contributed by atoms with Crippen molar-refractivity contribution in [2.45, 2.75) is 35.9 Å². The predicted molar refractivity (Wildman–Crippen MR) is 209 cm³/mol. The van der Waals surface area contributed by atoms with Gasteiger partial charge < -0.3 is 9.84 Å². The lowest BCUT2D eigenvalue weighted by Crippen LogP contribution is -2.45. The summed E-state index contributed by atoms with van der Waals surface area (Å²) in [5.74, 6) is -0.0469. The van der Waals surface area contributed by atoms with E-state index in [4.69, 9.17) is 4.74 Å². The molecule has 0 atom stereocenters. The molecule has 0 aliphatic rings. The van der Waals surface area contributed by atoms with Gasteiger partial charge in [0, 0.05) is 10.8 Å². The molecule has 0 spiro atoms. The van der Waals surface area contributed by atoms with Crippen LogP contribution in [0.25, 0.3) is 21.5 Å². The largest absolute Gasteiger partial charge is 0.505 e. The van der Waals surface area contributed by atoms with Crippen LogP contribution >= 0.6 is 0 Å². The molecule has 7 aromatic rings. The Morgan fingerprint density at radius 1 is 0.375 bits per heavy atom. The van der Waals surface area contributed by atoms with Crippen LogP contribution in [0.1, 0.15) is 44.5 Å². The Bertz CT molecular complexity index is 2550. The van der Waals surface area contributed by atoms with Gasteiger partial charge in [-0.15, -0.1) is 4.91 Å². The van der Waals surface area contributed by atoms with Gasteiger partial charge in [-0.25, -0.2) is 0 Å². The summed E-state index contributed by atoms with van der Waals surface area (Å²) in [6.45, 7) is 0. The van der Waals surface area contributed by atoms with E-state index in [1.807, 2.05) is 36.4 Å². The molecule has 64 heavy (non-hydrogen) atoms. The van der Waals surface area contributed by atoms with Crippen molar-refractivity contribution < 1.29 is 72.1 Å². The third-order valence-corrected chi connectivity index (χ3v) is 10.2. The molecule has 330 valence electrons. The summed E-state index contributed by atoms with van der Waals surface area (Å²) in [5, 5.41) is 16.2. The lowest BCUT2D eigenvalue weighted by atomic mass is 9.81. The molecule has 0 aliphatic heterocycles. The zero-order valence-electron chi connectivity index (χ0n) is 32.1. The number of nitroso groups, excluding NO2 is 1. The van der Waals surface area contributed by atoms with Gasteiger partial charge in [0.15, 0.2) is 35.2 Å². The summed E-state index contributed by atoms with van der Waals surface area (Å²) in [6, 6.07) is 24.7. The van der Waals surface area contributed by atoms with Gasteiger partial charge in [0.1, 0.15) is 0 Å². The second-order valence-corrected chi connectivity index (χ2v) is 14.0. The Morgan fingerprint density at radius 3 is 0.859 bits per heavy atom. The van der Waals surface area contributed by atoms with E-state index in [0.717, 1.165) is 59.3 Å². The molecule has 0 saturated carbocycles. The second kappa shape index (κ2) is 17.2. The zero-order chi connectivity index (χ0) is 46.9. The van der Waals surface area contributed by atoms with Crippen LogP contribution in [0.15, 0.2) is 151 Å². The normalized spacial score (nSPS) is 12.7. The van der Waals surface area contributed by atoms with Crippen molar-refractivity contribution in [2.75, 3.05) is 0 Å². The van der Waals surface area contributed by atoms with E-state index in [-0.39, 0.29) is 24.0 Å². The van der Waals surface area contributed by atoms with Gasteiger partial charge in [0.05, 0.1) is 22.3 Å². The van der Waals surface area contributed by atoms with Crippen molar-refractivity contribution in [3.63, 3.8) is 0 Å². The maximum atomic E-state index is 13.4. The average Bonchev–Trinajstić information content (AvgIpc) is 3.27. The number of aldehydes is 2. The van der Waals surface area contributed by atoms with Crippen molar-refractivity contribution in [1.82, 2.24) is 0 Å². The highest BCUT2D eigenvalue weighted by molar-refractivity contribution is 6.15. The highest BCUT2D eigenvalue weighted by Crippen LogP contribution is 2.46. The first-order valence-corrected chi connectivity index (χ1v) is 18.3. The maximum absolute atomic E-state index is 13.4. The third-order valence-electron chi connectivity index (χ3n) is 10.2. The number of aromatic hydroxyl groups is 1. The maximum Gasteiger partial charge on any atom is 0.416 e. The first-order valence-electron chi connectivity index (χ1n) is 18.3. The zero-order valence-corrected chi connectivity index (χ0v) is 32.1. The lowest BCUT2D eigenvalue weighted by molar-refractivity contribution is -0.156. The molecule has 18 heteroatoms. The Kier molecular flexibility index (Phi) is 12.5. The molecule has 0 saturated heterocycles. The van der Waals surface area contributed by atoms with E-state index in [1.165, 1.54) is 0 Å². The molecule has 7 rings (SSSR count). The Hall–Kier alpha value is -7.08. The van der Waals surface area contributed by atoms with Gasteiger partial charge >= 0.3 is 24.7 Å². The van der Waals surface area contributed by atoms with Gasteiger partial charge in [-0.3, -0.25) is 9.59 Å². The average molecular weight is 902 g/mol. The molecule has 0 bridgehead atoms. The minimum Gasteiger partial charge on any atom is -0.505 e. The number of benzene rings is 7. The molecule has 0 radical (unpaired) electrons. The Labute approximate surface area is 353 Å². The number of ether oxygens (including phenoxy) is 1. The first-order chi connectivity index (χ1) is 30.0. The molecule has 6 nitrogen and oxygen atoms in total. The van der Waals surface area contributed by atoms with Gasteiger partial charge in [-0.2, -0.15) is 52.7 Å². The topological polar surface area (TPSA) is 93.0 Å². The van der Waals surface area contributed by atoms with Crippen LogP contribution in [0.4, 0.5) is 58.4 Å². The van der Waals surface area contributed by atoms with Crippen molar-refractivity contribution in [1.29, 1.82) is 0 Å². The minimum atomic E-state index is -4.88. The molecule has 1 N–H and O–H groups in total. The Balaban J connectivity index is 0.000000330. The monoisotopic (exact) mass is 901 g/mol. The lowest BCUT2D eigenvalue weighted by Gasteiger charge is -2.40. The highest BCUT2D eigenvalue weighted by atomic mass is 19.4. The van der Waals surface area contributed by atoms with Crippen LogP contribution in [-0.2, 0) is 50.2 Å². The standard InChI is InChI=1S/C32H18F12O3.C14H9NO2/c33-29(34,35)23-9-1-19(2-10-23)27(17-45,20-3-11-24(12-4-20)30(36,37)38)47-28(18-46,21-5-13-25(14-6-21)31(39,40)41)22-7-15-26(16-8-22)32(42,43)44;16-14-12-8-4-2-6-10(12)9-5-1-3-7-11(9)13(14)15-17/h1-18H;1-8,16H. The van der Waals surface area contributed by atoms with Crippen LogP contribution < -0.4 is 0 Å². The van der Waals surface area contributed by atoms with E-state index >= 15 is 0 Å². The summed E-state index contributed by atoms with van der Waals surface area (Å²) < 4.78 is 166.